The first kappa shape index (κ1) is 20.4. The van der Waals surface area contributed by atoms with Crippen molar-refractivity contribution < 1.29 is 9.18 Å². The van der Waals surface area contributed by atoms with Gasteiger partial charge < -0.3 is 5.32 Å². The second kappa shape index (κ2) is 9.31. The van der Waals surface area contributed by atoms with Crippen molar-refractivity contribution in [3.05, 3.63) is 53.2 Å². The van der Waals surface area contributed by atoms with E-state index in [-0.39, 0.29) is 11.9 Å². The zero-order chi connectivity index (χ0) is 20.9. The van der Waals surface area contributed by atoms with E-state index in [1.807, 2.05) is 19.1 Å². The predicted molar refractivity (Wildman–Crippen MR) is 113 cm³/mol. The molecule has 0 atom stereocenters. The number of hydrogen-bond donors (Lipinski definition) is 2. The van der Waals surface area contributed by atoms with Crippen molar-refractivity contribution in [1.29, 1.82) is 0 Å². The van der Waals surface area contributed by atoms with Gasteiger partial charge in [0.25, 0.3) is 0 Å². The highest BCUT2D eigenvalue weighted by Gasteiger charge is 2.24. The maximum atomic E-state index is 14.6. The van der Waals surface area contributed by atoms with Crippen LogP contribution in [0.3, 0.4) is 0 Å². The summed E-state index contributed by atoms with van der Waals surface area (Å²) in [6.07, 6.45) is 6.95. The summed E-state index contributed by atoms with van der Waals surface area (Å²) in [7, 11) is 0. The molecule has 0 aromatic carbocycles. The van der Waals surface area contributed by atoms with E-state index < -0.39 is 5.95 Å². The normalized spacial score (nSPS) is 15.3. The molecule has 1 aliphatic heterocycles. The quantitative estimate of drug-likeness (QED) is 0.587. The van der Waals surface area contributed by atoms with Gasteiger partial charge in [0, 0.05) is 42.1 Å². The van der Waals surface area contributed by atoms with Crippen molar-refractivity contribution in [3.8, 4) is 5.82 Å². The summed E-state index contributed by atoms with van der Waals surface area (Å²) in [6.45, 7) is 4.97. The van der Waals surface area contributed by atoms with E-state index >= 15 is 0 Å². The molecule has 1 fully saturated rings. The van der Waals surface area contributed by atoms with Gasteiger partial charge in [-0.05, 0) is 50.9 Å². The molecule has 1 aliphatic rings. The Morgan fingerprint density at radius 2 is 2.17 bits per heavy atom. The lowest BCUT2D eigenvalue weighted by Crippen LogP contribution is -2.32. The summed E-state index contributed by atoms with van der Waals surface area (Å²) in [5.41, 5.74) is 0.678. The van der Waals surface area contributed by atoms with Crippen molar-refractivity contribution in [2.75, 3.05) is 25.0 Å². The molecule has 4 rings (SSSR count). The van der Waals surface area contributed by atoms with Crippen LogP contribution in [0.15, 0.2) is 36.8 Å². The lowest BCUT2D eigenvalue weighted by atomic mass is 9.90. The van der Waals surface area contributed by atoms with Crippen LogP contribution in [-0.2, 0) is 6.54 Å². The smallest absolute Gasteiger partial charge is 0.321 e. The van der Waals surface area contributed by atoms with Crippen LogP contribution in [0.25, 0.3) is 5.82 Å². The number of nitrogens with zero attached hydrogens (tertiary/aromatic N) is 5. The summed E-state index contributed by atoms with van der Waals surface area (Å²) >= 11 is 1.48. The third kappa shape index (κ3) is 4.82. The Bertz CT molecular complexity index is 983. The Hall–Kier alpha value is -2.85. The van der Waals surface area contributed by atoms with E-state index in [9.17, 15) is 9.18 Å². The van der Waals surface area contributed by atoms with E-state index in [0.717, 1.165) is 37.4 Å². The molecule has 8 nitrogen and oxygen atoms in total. The van der Waals surface area contributed by atoms with Crippen molar-refractivity contribution >= 4 is 22.5 Å². The fourth-order valence-corrected chi connectivity index (χ4v) is 4.48. The molecule has 0 unspecified atom stereocenters. The summed E-state index contributed by atoms with van der Waals surface area (Å²) in [6, 6.07) is 5.19. The van der Waals surface area contributed by atoms with E-state index in [2.05, 4.69) is 30.6 Å². The van der Waals surface area contributed by atoms with Crippen LogP contribution < -0.4 is 10.6 Å². The molecule has 3 aromatic rings. The fraction of sp³-hybridized carbons (Fsp3) is 0.400. The first-order chi connectivity index (χ1) is 14.6. The Morgan fingerprint density at radius 3 is 2.87 bits per heavy atom. The number of carbonyl (C=O) groups excluding carboxylic acids is 1. The lowest BCUT2D eigenvalue weighted by molar-refractivity contribution is 0.204. The number of thiazole rings is 1. The molecule has 2 N–H and O–H groups in total. The number of rotatable bonds is 6. The lowest BCUT2D eigenvalue weighted by Gasteiger charge is -2.31. The minimum absolute atomic E-state index is 0.164. The van der Waals surface area contributed by atoms with Crippen molar-refractivity contribution in [2.45, 2.75) is 32.2 Å². The van der Waals surface area contributed by atoms with Crippen LogP contribution in [0, 0.1) is 5.95 Å². The molecule has 4 heterocycles. The highest BCUT2D eigenvalue weighted by molar-refractivity contribution is 7.15. The maximum Gasteiger partial charge on any atom is 0.321 e. The van der Waals surface area contributed by atoms with Gasteiger partial charge in [-0.1, -0.05) is 6.07 Å². The summed E-state index contributed by atoms with van der Waals surface area (Å²) in [4.78, 5) is 23.4. The molecule has 0 bridgehead atoms. The zero-order valence-corrected chi connectivity index (χ0v) is 17.5. The van der Waals surface area contributed by atoms with E-state index in [4.69, 9.17) is 0 Å². The van der Waals surface area contributed by atoms with Crippen LogP contribution >= 0.6 is 11.3 Å². The van der Waals surface area contributed by atoms with Crippen LogP contribution in [0.1, 0.15) is 36.1 Å². The molecule has 0 aliphatic carbocycles. The molecule has 0 spiro atoms. The number of urea groups is 1. The van der Waals surface area contributed by atoms with Gasteiger partial charge in [-0.3, -0.25) is 10.2 Å². The van der Waals surface area contributed by atoms with Gasteiger partial charge in [-0.25, -0.2) is 14.5 Å². The minimum atomic E-state index is -0.412. The van der Waals surface area contributed by atoms with Crippen molar-refractivity contribution in [2.24, 2.45) is 0 Å². The molecule has 10 heteroatoms. The number of nitrogens with one attached hydrogen (secondary N) is 2. The highest BCUT2D eigenvalue weighted by Crippen LogP contribution is 2.31. The van der Waals surface area contributed by atoms with Gasteiger partial charge in [0.05, 0.1) is 0 Å². The molecule has 3 aromatic heterocycles. The van der Waals surface area contributed by atoms with E-state index in [1.54, 1.807) is 29.3 Å². The van der Waals surface area contributed by atoms with Gasteiger partial charge in [0.15, 0.2) is 10.9 Å². The average Bonchev–Trinajstić information content (AvgIpc) is 3.41. The van der Waals surface area contributed by atoms with Gasteiger partial charge in [0.2, 0.25) is 5.95 Å². The van der Waals surface area contributed by atoms with E-state index in [0.29, 0.717) is 23.1 Å². The van der Waals surface area contributed by atoms with Gasteiger partial charge in [0.1, 0.15) is 0 Å². The van der Waals surface area contributed by atoms with Gasteiger partial charge in [-0.15, -0.1) is 11.3 Å². The van der Waals surface area contributed by atoms with Crippen LogP contribution in [0.4, 0.5) is 14.3 Å². The molecular weight excluding hydrogens is 405 g/mol. The first-order valence-corrected chi connectivity index (χ1v) is 10.8. The SMILES string of the molecule is CCNC(=O)Nc1ncc(CN2CCC(c3ccc(-n4cccn4)nc3F)CC2)s1. The van der Waals surface area contributed by atoms with Crippen LogP contribution in [-0.4, -0.2) is 50.3 Å². The van der Waals surface area contributed by atoms with Gasteiger partial charge >= 0.3 is 6.03 Å². The minimum Gasteiger partial charge on any atom is -0.338 e. The molecule has 0 saturated carbocycles. The Labute approximate surface area is 178 Å². The Balaban J connectivity index is 1.31. The zero-order valence-electron chi connectivity index (χ0n) is 16.7. The number of likely N-dealkylation sites (tertiary alicyclic amines) is 1. The maximum absolute atomic E-state index is 14.6. The second-order valence-electron chi connectivity index (χ2n) is 7.17. The average molecular weight is 430 g/mol. The van der Waals surface area contributed by atoms with Crippen LogP contribution in [0.2, 0.25) is 0 Å². The number of hydrogen-bond acceptors (Lipinski definition) is 6. The van der Waals surface area contributed by atoms with Crippen LogP contribution in [0.5, 0.6) is 0 Å². The third-order valence-corrected chi connectivity index (χ3v) is 6.02. The first-order valence-electron chi connectivity index (χ1n) is 10.0. The molecule has 30 heavy (non-hydrogen) atoms. The van der Waals surface area contributed by atoms with Crippen molar-refractivity contribution in [3.63, 3.8) is 0 Å². The number of halogens is 1. The summed E-state index contributed by atoms with van der Waals surface area (Å²) < 4.78 is 16.2. The summed E-state index contributed by atoms with van der Waals surface area (Å²) in [5.74, 6) is 0.239. The Kier molecular flexibility index (Phi) is 6.34. The number of anilines is 1. The molecule has 158 valence electrons. The fourth-order valence-electron chi connectivity index (χ4n) is 3.63. The third-order valence-electron chi connectivity index (χ3n) is 5.12. The number of pyridine rings is 1. The standard InChI is InChI=1S/C20H24FN7OS/c1-2-22-19(29)26-20-23-12-15(30-20)13-27-10-6-14(7-11-27)16-4-5-17(25-18(16)21)28-9-3-8-24-28/h3-5,8-9,12,14H,2,6-7,10-11,13H2,1H3,(H2,22,23,26,29). The van der Waals surface area contributed by atoms with Crippen molar-refractivity contribution in [1.82, 2.24) is 30.0 Å². The summed E-state index contributed by atoms with van der Waals surface area (Å²) in [5, 5.41) is 10.1. The number of carbonyl (C=O) groups is 1. The highest BCUT2D eigenvalue weighted by atomic mass is 32.1. The number of amides is 2. The van der Waals surface area contributed by atoms with Gasteiger partial charge in [-0.2, -0.15) is 14.5 Å². The second-order valence-corrected chi connectivity index (χ2v) is 8.28. The number of aromatic nitrogens is 4. The molecule has 1 saturated heterocycles. The van der Waals surface area contributed by atoms with E-state index in [1.165, 1.54) is 11.3 Å². The number of piperidine rings is 1. The molecular formula is C20H24FN7OS. The monoisotopic (exact) mass is 429 g/mol. The Morgan fingerprint density at radius 1 is 1.33 bits per heavy atom. The molecule has 2 amide bonds. The predicted octanol–water partition coefficient (Wildman–Crippen LogP) is 3.38. The topological polar surface area (TPSA) is 88.0 Å². The largest absolute Gasteiger partial charge is 0.338 e. The molecule has 0 radical (unpaired) electrons.